The van der Waals surface area contributed by atoms with Crippen molar-refractivity contribution in [3.05, 3.63) is 0 Å². The normalized spacial score (nSPS) is 15.6. The molecule has 0 bridgehead atoms. The Morgan fingerprint density at radius 1 is 1.21 bits per heavy atom. The molecule has 0 amide bonds. The minimum absolute atomic E-state index is 0.0205. The summed E-state index contributed by atoms with van der Waals surface area (Å²) in [5.74, 6) is 0. The van der Waals surface area contributed by atoms with E-state index in [1.807, 2.05) is 0 Å². The first kappa shape index (κ1) is 19.2. The molecule has 116 valence electrons. The molecule has 0 fully saturated rings. The smallest absolute Gasteiger partial charge is 0.409 e. The number of phosphoric ester groups is 1. The van der Waals surface area contributed by atoms with Gasteiger partial charge in [-0.25, -0.2) is 4.57 Å². The van der Waals surface area contributed by atoms with Crippen LogP contribution in [0.3, 0.4) is 0 Å². The van der Waals surface area contributed by atoms with Gasteiger partial charge in [-0.05, 0) is 18.1 Å². The van der Waals surface area contributed by atoms with Crippen molar-refractivity contribution < 1.29 is 27.7 Å². The molecule has 0 saturated carbocycles. The zero-order valence-corrected chi connectivity index (χ0v) is 14.8. The zero-order chi connectivity index (χ0) is 15.3. The molecule has 0 aromatic carbocycles. The van der Waals surface area contributed by atoms with Crippen LogP contribution < -0.4 is 0 Å². The van der Waals surface area contributed by atoms with Crippen LogP contribution in [0, 0.1) is 0 Å². The highest BCUT2D eigenvalue weighted by Gasteiger charge is 2.39. The fourth-order valence-corrected chi connectivity index (χ4v) is 3.11. The highest BCUT2D eigenvalue weighted by Crippen LogP contribution is 2.47. The second-order valence-electron chi connectivity index (χ2n) is 5.79. The minimum atomic E-state index is -3.53. The predicted molar refractivity (Wildman–Crippen MR) is 76.7 cm³/mol. The van der Waals surface area contributed by atoms with E-state index >= 15 is 0 Å². The van der Waals surface area contributed by atoms with Crippen LogP contribution in [0.2, 0.25) is 18.1 Å². The molecule has 0 aromatic rings. The van der Waals surface area contributed by atoms with Crippen LogP contribution in [0.25, 0.3) is 0 Å². The molecule has 0 aliphatic heterocycles. The molecule has 19 heavy (non-hydrogen) atoms. The van der Waals surface area contributed by atoms with E-state index in [4.69, 9.17) is 8.95 Å². The van der Waals surface area contributed by atoms with Crippen molar-refractivity contribution in [1.29, 1.82) is 0 Å². The fraction of sp³-hybridized carbons (Fsp3) is 1.00. The largest absolute Gasteiger partial charge is 0.474 e. The van der Waals surface area contributed by atoms with Crippen LogP contribution in [-0.2, 0) is 22.6 Å². The first-order chi connectivity index (χ1) is 8.51. The SMILES string of the molecule is COP(=O)(OC)OC[C@H](CO)O[Si](C)(C)C(C)(C)C. The summed E-state index contributed by atoms with van der Waals surface area (Å²) in [6.07, 6.45) is -0.542. The van der Waals surface area contributed by atoms with E-state index in [0.29, 0.717) is 0 Å². The average molecular weight is 314 g/mol. The molecule has 0 radical (unpaired) electrons. The van der Waals surface area contributed by atoms with E-state index in [0.717, 1.165) is 0 Å². The highest BCUT2D eigenvalue weighted by atomic mass is 31.2. The van der Waals surface area contributed by atoms with Gasteiger partial charge < -0.3 is 9.53 Å². The van der Waals surface area contributed by atoms with Crippen molar-refractivity contribution in [1.82, 2.24) is 0 Å². The van der Waals surface area contributed by atoms with Crippen LogP contribution >= 0.6 is 7.82 Å². The number of hydrogen-bond acceptors (Lipinski definition) is 6. The Bertz CT molecular complexity index is 307. The summed E-state index contributed by atoms with van der Waals surface area (Å²) >= 11 is 0. The summed E-state index contributed by atoms with van der Waals surface area (Å²) in [5.41, 5.74) is 0. The van der Waals surface area contributed by atoms with E-state index < -0.39 is 22.2 Å². The van der Waals surface area contributed by atoms with Crippen molar-refractivity contribution in [2.24, 2.45) is 0 Å². The van der Waals surface area contributed by atoms with Gasteiger partial charge in [0.15, 0.2) is 8.32 Å². The summed E-state index contributed by atoms with van der Waals surface area (Å²) in [7, 11) is -3.06. The Hall–Kier alpha value is 0.247. The third kappa shape index (κ3) is 6.04. The van der Waals surface area contributed by atoms with Crippen LogP contribution in [0.1, 0.15) is 20.8 Å². The number of hydrogen-bond donors (Lipinski definition) is 1. The lowest BCUT2D eigenvalue weighted by atomic mass is 10.2. The maximum absolute atomic E-state index is 11.7. The number of aliphatic hydroxyl groups is 1. The molecule has 0 aliphatic rings. The third-order valence-electron chi connectivity index (χ3n) is 3.34. The van der Waals surface area contributed by atoms with Gasteiger partial charge in [0.1, 0.15) is 0 Å². The van der Waals surface area contributed by atoms with Crippen molar-refractivity contribution in [3.63, 3.8) is 0 Å². The van der Waals surface area contributed by atoms with E-state index in [2.05, 4.69) is 42.9 Å². The lowest BCUT2D eigenvalue weighted by Gasteiger charge is -2.38. The maximum atomic E-state index is 11.7. The summed E-state index contributed by atoms with van der Waals surface area (Å²) in [6.45, 7) is 10.2. The minimum Gasteiger partial charge on any atom is -0.409 e. The molecule has 6 nitrogen and oxygen atoms in total. The molecule has 1 atom stereocenters. The molecular weight excluding hydrogens is 287 g/mol. The van der Waals surface area contributed by atoms with Gasteiger partial charge in [0.25, 0.3) is 0 Å². The molecule has 8 heteroatoms. The molecule has 0 heterocycles. The van der Waals surface area contributed by atoms with Gasteiger partial charge in [-0.1, -0.05) is 20.8 Å². The average Bonchev–Trinajstić information content (AvgIpc) is 2.32. The Labute approximate surface area is 117 Å². The molecule has 0 spiro atoms. The van der Waals surface area contributed by atoms with Crippen molar-refractivity contribution >= 4 is 16.1 Å². The number of phosphoric acid groups is 1. The quantitative estimate of drug-likeness (QED) is 0.548. The van der Waals surface area contributed by atoms with Gasteiger partial charge >= 0.3 is 7.82 Å². The van der Waals surface area contributed by atoms with Crippen LogP contribution in [0.4, 0.5) is 0 Å². The van der Waals surface area contributed by atoms with Crippen molar-refractivity contribution in [2.45, 2.75) is 45.0 Å². The maximum Gasteiger partial charge on any atom is 0.474 e. The molecule has 0 aliphatic carbocycles. The Morgan fingerprint density at radius 2 is 1.68 bits per heavy atom. The monoisotopic (exact) mass is 314 g/mol. The van der Waals surface area contributed by atoms with Gasteiger partial charge in [-0.15, -0.1) is 0 Å². The summed E-state index contributed by atoms with van der Waals surface area (Å²) in [4.78, 5) is 0. The molecule has 0 aromatic heterocycles. The van der Waals surface area contributed by atoms with Gasteiger partial charge in [0.05, 0.1) is 19.3 Å². The van der Waals surface area contributed by atoms with Gasteiger partial charge in [0.2, 0.25) is 0 Å². The summed E-state index contributed by atoms with van der Waals surface area (Å²) < 4.78 is 32.1. The first-order valence-electron chi connectivity index (χ1n) is 6.16. The second-order valence-corrected chi connectivity index (χ2v) is 12.4. The number of rotatable bonds is 8. The third-order valence-corrected chi connectivity index (χ3v) is 9.23. The Morgan fingerprint density at radius 3 is 2.00 bits per heavy atom. The topological polar surface area (TPSA) is 74.2 Å². The molecular formula is C11H27O6PSi. The van der Waals surface area contributed by atoms with E-state index in [1.54, 1.807) is 0 Å². The Balaban J connectivity index is 4.58. The lowest BCUT2D eigenvalue weighted by molar-refractivity contribution is 0.0431. The summed E-state index contributed by atoms with van der Waals surface area (Å²) in [6, 6.07) is 0. The van der Waals surface area contributed by atoms with Crippen LogP contribution in [-0.4, -0.2) is 47.0 Å². The molecule has 0 unspecified atom stereocenters. The number of aliphatic hydroxyl groups excluding tert-OH is 1. The summed E-state index contributed by atoms with van der Waals surface area (Å²) in [5, 5.41) is 9.36. The highest BCUT2D eigenvalue weighted by molar-refractivity contribution is 7.48. The first-order valence-corrected chi connectivity index (χ1v) is 10.5. The van der Waals surface area contributed by atoms with Crippen LogP contribution in [0.5, 0.6) is 0 Å². The van der Waals surface area contributed by atoms with E-state index in [9.17, 15) is 9.67 Å². The Kier molecular flexibility index (Phi) is 7.41. The lowest BCUT2D eigenvalue weighted by Crippen LogP contribution is -2.46. The molecule has 1 N–H and O–H groups in total. The van der Waals surface area contributed by atoms with Crippen molar-refractivity contribution in [2.75, 3.05) is 27.4 Å². The van der Waals surface area contributed by atoms with E-state index in [1.165, 1.54) is 14.2 Å². The van der Waals surface area contributed by atoms with Gasteiger partial charge in [-0.2, -0.15) is 0 Å². The standard InChI is InChI=1S/C11H27O6PSi/c1-11(2,3)19(6,7)17-10(8-12)9-16-18(13,14-4)15-5/h10,12H,8-9H2,1-7H3/t10-/m0/s1. The van der Waals surface area contributed by atoms with Crippen LogP contribution in [0.15, 0.2) is 0 Å². The zero-order valence-electron chi connectivity index (χ0n) is 12.9. The van der Waals surface area contributed by atoms with Gasteiger partial charge in [-0.3, -0.25) is 13.6 Å². The molecule has 0 saturated heterocycles. The molecule has 0 rings (SSSR count). The van der Waals surface area contributed by atoms with Gasteiger partial charge in [0, 0.05) is 14.2 Å². The van der Waals surface area contributed by atoms with E-state index in [-0.39, 0.29) is 18.3 Å². The second kappa shape index (κ2) is 7.31. The predicted octanol–water partition coefficient (Wildman–Crippen LogP) is 2.79. The van der Waals surface area contributed by atoms with Crippen molar-refractivity contribution in [3.8, 4) is 0 Å². The fourth-order valence-electron chi connectivity index (χ4n) is 1.07.